The number of carbonyl (C=O) groups excluding carboxylic acids is 1. The Bertz CT molecular complexity index is 1040. The molecule has 3 rings (SSSR count). The molecular formula is C26H36N2O5S. The number of nitrogens with zero attached hydrogens (tertiary/aromatic N) is 1. The van der Waals surface area contributed by atoms with Crippen molar-refractivity contribution < 1.29 is 22.7 Å². The van der Waals surface area contributed by atoms with Gasteiger partial charge >= 0.3 is 0 Å². The minimum Gasteiger partial charge on any atom is -0.492 e. The van der Waals surface area contributed by atoms with E-state index in [1.54, 1.807) is 24.3 Å². The standard InChI is InChI=1S/C26H36N2O5S/c1-5-24(33-22-10-8-20(9-11-22)26(2,3)4)25(29)27-16-19-32-21-12-14-23(15-13-21)34(30,31)28-17-6-7-18-28/h8-15,24H,5-7,16-19H2,1-4H3,(H,27,29)/t24-/m1/s1. The monoisotopic (exact) mass is 488 g/mol. The van der Waals surface area contributed by atoms with Crippen LogP contribution in [0.25, 0.3) is 0 Å². The summed E-state index contributed by atoms with van der Waals surface area (Å²) in [5, 5.41) is 2.84. The molecule has 2 aromatic rings. The highest BCUT2D eigenvalue weighted by molar-refractivity contribution is 7.89. The number of benzene rings is 2. The number of sulfonamides is 1. The van der Waals surface area contributed by atoms with Crippen LogP contribution in [0.15, 0.2) is 53.4 Å². The summed E-state index contributed by atoms with van der Waals surface area (Å²) in [7, 11) is -3.43. The van der Waals surface area contributed by atoms with Crippen LogP contribution in [-0.2, 0) is 20.2 Å². The molecule has 1 saturated heterocycles. The van der Waals surface area contributed by atoms with Crippen molar-refractivity contribution in [2.75, 3.05) is 26.2 Å². The molecule has 0 spiro atoms. The number of hydrogen-bond acceptors (Lipinski definition) is 5. The molecule has 0 aromatic heterocycles. The van der Waals surface area contributed by atoms with Gasteiger partial charge in [-0.2, -0.15) is 4.31 Å². The normalized spacial score (nSPS) is 15.6. The third-order valence-corrected chi connectivity index (χ3v) is 7.77. The van der Waals surface area contributed by atoms with Gasteiger partial charge in [0.2, 0.25) is 10.0 Å². The summed E-state index contributed by atoms with van der Waals surface area (Å²) in [6.45, 7) is 10.1. The van der Waals surface area contributed by atoms with E-state index in [1.807, 2.05) is 31.2 Å². The SMILES string of the molecule is CC[C@@H](Oc1ccc(C(C)(C)C)cc1)C(=O)NCCOc1ccc(S(=O)(=O)N2CCCC2)cc1. The van der Waals surface area contributed by atoms with Crippen molar-refractivity contribution in [1.82, 2.24) is 9.62 Å². The summed E-state index contributed by atoms with van der Waals surface area (Å²) in [4.78, 5) is 12.8. The van der Waals surface area contributed by atoms with Crippen LogP contribution in [0.4, 0.5) is 0 Å². The fraction of sp³-hybridized carbons (Fsp3) is 0.500. The molecule has 186 valence electrons. The summed E-state index contributed by atoms with van der Waals surface area (Å²) in [5.41, 5.74) is 1.26. The van der Waals surface area contributed by atoms with E-state index in [2.05, 4.69) is 26.1 Å². The Kier molecular flexibility index (Phi) is 8.60. The molecule has 1 aliphatic heterocycles. The van der Waals surface area contributed by atoms with Gasteiger partial charge in [-0.1, -0.05) is 39.8 Å². The number of rotatable bonds is 10. The van der Waals surface area contributed by atoms with Gasteiger partial charge in [0.25, 0.3) is 5.91 Å². The zero-order chi connectivity index (χ0) is 24.8. The number of nitrogens with one attached hydrogen (secondary N) is 1. The highest BCUT2D eigenvalue weighted by Gasteiger charge is 2.27. The van der Waals surface area contributed by atoms with Crippen molar-refractivity contribution in [3.63, 3.8) is 0 Å². The predicted molar refractivity (Wildman–Crippen MR) is 133 cm³/mol. The van der Waals surface area contributed by atoms with Crippen LogP contribution in [0.2, 0.25) is 0 Å². The van der Waals surface area contributed by atoms with Crippen LogP contribution in [0.5, 0.6) is 11.5 Å². The van der Waals surface area contributed by atoms with E-state index in [0.29, 0.717) is 37.6 Å². The predicted octanol–water partition coefficient (Wildman–Crippen LogP) is 4.12. The van der Waals surface area contributed by atoms with Gasteiger partial charge < -0.3 is 14.8 Å². The quantitative estimate of drug-likeness (QED) is 0.509. The van der Waals surface area contributed by atoms with Gasteiger partial charge in [0.15, 0.2) is 6.10 Å². The molecule has 8 heteroatoms. The Balaban J connectivity index is 1.45. The summed E-state index contributed by atoms with van der Waals surface area (Å²) >= 11 is 0. The molecule has 0 unspecified atom stereocenters. The zero-order valence-corrected chi connectivity index (χ0v) is 21.4. The first-order chi connectivity index (χ1) is 16.1. The van der Waals surface area contributed by atoms with Gasteiger partial charge in [-0.15, -0.1) is 0 Å². The zero-order valence-electron chi connectivity index (χ0n) is 20.5. The number of amides is 1. The van der Waals surface area contributed by atoms with Crippen molar-refractivity contribution >= 4 is 15.9 Å². The average Bonchev–Trinajstić information content (AvgIpc) is 3.36. The molecule has 34 heavy (non-hydrogen) atoms. The molecule has 7 nitrogen and oxygen atoms in total. The Hall–Kier alpha value is -2.58. The van der Waals surface area contributed by atoms with Crippen molar-refractivity contribution in [1.29, 1.82) is 0 Å². The lowest BCUT2D eigenvalue weighted by Crippen LogP contribution is -2.39. The van der Waals surface area contributed by atoms with Crippen LogP contribution in [0.3, 0.4) is 0 Å². The minimum absolute atomic E-state index is 0.0581. The molecule has 1 heterocycles. The van der Waals surface area contributed by atoms with Crippen LogP contribution in [0.1, 0.15) is 52.5 Å². The Morgan fingerprint density at radius 2 is 1.59 bits per heavy atom. The second kappa shape index (κ2) is 11.2. The fourth-order valence-electron chi connectivity index (χ4n) is 3.76. The summed E-state index contributed by atoms with van der Waals surface area (Å²) in [5.74, 6) is 1.02. The van der Waals surface area contributed by atoms with Gasteiger partial charge in [0, 0.05) is 13.1 Å². The molecule has 1 amide bonds. The molecule has 0 aliphatic carbocycles. The molecule has 2 aromatic carbocycles. The van der Waals surface area contributed by atoms with Gasteiger partial charge in [-0.25, -0.2) is 8.42 Å². The third-order valence-electron chi connectivity index (χ3n) is 5.86. The average molecular weight is 489 g/mol. The van der Waals surface area contributed by atoms with Crippen LogP contribution in [-0.4, -0.2) is 51.0 Å². The van der Waals surface area contributed by atoms with Gasteiger partial charge in [0.1, 0.15) is 18.1 Å². The summed E-state index contributed by atoms with van der Waals surface area (Å²) in [6, 6.07) is 14.3. The fourth-order valence-corrected chi connectivity index (χ4v) is 5.28. The van der Waals surface area contributed by atoms with Crippen LogP contribution < -0.4 is 14.8 Å². The smallest absolute Gasteiger partial charge is 0.261 e. The molecule has 0 bridgehead atoms. The summed E-state index contributed by atoms with van der Waals surface area (Å²) in [6.07, 6.45) is 1.76. The number of carbonyl (C=O) groups is 1. The maximum Gasteiger partial charge on any atom is 0.261 e. The van der Waals surface area contributed by atoms with E-state index in [1.165, 1.54) is 9.87 Å². The second-order valence-corrected chi connectivity index (χ2v) is 11.4. The van der Waals surface area contributed by atoms with Crippen LogP contribution >= 0.6 is 0 Å². The van der Waals surface area contributed by atoms with E-state index < -0.39 is 16.1 Å². The second-order valence-electron chi connectivity index (χ2n) is 9.51. The summed E-state index contributed by atoms with van der Waals surface area (Å²) < 4.78 is 38.2. The lowest BCUT2D eigenvalue weighted by Gasteiger charge is -2.21. The maximum absolute atomic E-state index is 12.6. The molecule has 1 aliphatic rings. The van der Waals surface area contributed by atoms with Gasteiger partial charge in [-0.05, 0) is 66.6 Å². The first-order valence-corrected chi connectivity index (χ1v) is 13.3. The molecule has 1 N–H and O–H groups in total. The Labute approximate surface area is 203 Å². The van der Waals surface area contributed by atoms with E-state index in [4.69, 9.17) is 9.47 Å². The Morgan fingerprint density at radius 1 is 1.00 bits per heavy atom. The number of ether oxygens (including phenoxy) is 2. The minimum atomic E-state index is -3.43. The number of hydrogen-bond donors (Lipinski definition) is 1. The van der Waals surface area contributed by atoms with Gasteiger partial charge in [0.05, 0.1) is 11.4 Å². The van der Waals surface area contributed by atoms with Crippen molar-refractivity contribution in [3.05, 3.63) is 54.1 Å². The molecular weight excluding hydrogens is 452 g/mol. The van der Waals surface area contributed by atoms with E-state index in [9.17, 15) is 13.2 Å². The molecule has 0 saturated carbocycles. The van der Waals surface area contributed by atoms with E-state index in [-0.39, 0.29) is 22.8 Å². The van der Waals surface area contributed by atoms with E-state index in [0.717, 1.165) is 12.8 Å². The van der Waals surface area contributed by atoms with Crippen molar-refractivity contribution in [2.45, 2.75) is 63.4 Å². The van der Waals surface area contributed by atoms with Crippen LogP contribution in [0, 0.1) is 0 Å². The first kappa shape index (κ1) is 26.0. The largest absolute Gasteiger partial charge is 0.492 e. The third kappa shape index (κ3) is 6.73. The highest BCUT2D eigenvalue weighted by Crippen LogP contribution is 2.25. The van der Waals surface area contributed by atoms with Crippen molar-refractivity contribution in [2.24, 2.45) is 0 Å². The highest BCUT2D eigenvalue weighted by atomic mass is 32.2. The topological polar surface area (TPSA) is 84.9 Å². The van der Waals surface area contributed by atoms with Gasteiger partial charge in [-0.3, -0.25) is 4.79 Å². The van der Waals surface area contributed by atoms with Crippen molar-refractivity contribution in [3.8, 4) is 11.5 Å². The first-order valence-electron chi connectivity index (χ1n) is 11.9. The molecule has 1 atom stereocenters. The Morgan fingerprint density at radius 3 is 2.15 bits per heavy atom. The van der Waals surface area contributed by atoms with E-state index >= 15 is 0 Å². The molecule has 0 radical (unpaired) electrons. The molecule has 1 fully saturated rings. The maximum atomic E-state index is 12.6. The lowest BCUT2D eigenvalue weighted by molar-refractivity contribution is -0.128. The lowest BCUT2D eigenvalue weighted by atomic mass is 9.87.